The number of halogens is 3. The van der Waals surface area contributed by atoms with Gasteiger partial charge in [0.2, 0.25) is 0 Å². The summed E-state index contributed by atoms with van der Waals surface area (Å²) in [4.78, 5) is 0. The standard InChI is InChI=1S/C12H13F3O/c1-16-11(7-2-8-11)9-3-5-10(6-4-9)12(13,14)15/h3-6H,2,7-8H2,1H3. The van der Waals surface area contributed by atoms with Crippen molar-refractivity contribution in [1.29, 1.82) is 0 Å². The van der Waals surface area contributed by atoms with Gasteiger partial charge in [0.1, 0.15) is 0 Å². The van der Waals surface area contributed by atoms with E-state index in [4.69, 9.17) is 4.74 Å². The third-order valence-electron chi connectivity index (χ3n) is 3.29. The van der Waals surface area contributed by atoms with Crippen molar-refractivity contribution in [2.75, 3.05) is 7.11 Å². The van der Waals surface area contributed by atoms with Crippen LogP contribution in [0.3, 0.4) is 0 Å². The van der Waals surface area contributed by atoms with Crippen LogP contribution in [0, 0.1) is 0 Å². The summed E-state index contributed by atoms with van der Waals surface area (Å²) in [6.45, 7) is 0. The van der Waals surface area contributed by atoms with Gasteiger partial charge in [-0.1, -0.05) is 12.1 Å². The molecule has 0 amide bonds. The minimum atomic E-state index is -4.27. The molecule has 0 unspecified atom stereocenters. The molecule has 0 aromatic heterocycles. The van der Waals surface area contributed by atoms with Crippen molar-refractivity contribution in [3.63, 3.8) is 0 Å². The summed E-state index contributed by atoms with van der Waals surface area (Å²) in [6, 6.07) is 5.28. The van der Waals surface area contributed by atoms with Gasteiger partial charge in [0.25, 0.3) is 0 Å². The molecule has 1 aromatic rings. The maximum atomic E-state index is 12.4. The summed E-state index contributed by atoms with van der Waals surface area (Å²) in [6.07, 6.45) is -1.43. The molecular formula is C12H13F3O. The maximum absolute atomic E-state index is 12.4. The Hall–Kier alpha value is -1.03. The summed E-state index contributed by atoms with van der Waals surface area (Å²) in [7, 11) is 1.61. The monoisotopic (exact) mass is 230 g/mol. The van der Waals surface area contributed by atoms with Crippen LogP contribution in [0.1, 0.15) is 30.4 Å². The SMILES string of the molecule is COC1(c2ccc(C(F)(F)F)cc2)CCC1. The van der Waals surface area contributed by atoms with Gasteiger partial charge in [0, 0.05) is 7.11 Å². The molecule has 1 saturated carbocycles. The number of methoxy groups -OCH3 is 1. The maximum Gasteiger partial charge on any atom is 0.416 e. The molecule has 4 heteroatoms. The molecule has 1 nitrogen and oxygen atoms in total. The smallest absolute Gasteiger partial charge is 0.374 e. The van der Waals surface area contributed by atoms with Crippen molar-refractivity contribution >= 4 is 0 Å². The lowest BCUT2D eigenvalue weighted by molar-refractivity contribution is -0.137. The molecule has 0 aliphatic heterocycles. The van der Waals surface area contributed by atoms with E-state index in [0.29, 0.717) is 0 Å². The number of hydrogen-bond acceptors (Lipinski definition) is 1. The normalized spacial score (nSPS) is 19.2. The molecule has 88 valence electrons. The second-order valence-electron chi connectivity index (χ2n) is 4.13. The van der Waals surface area contributed by atoms with Gasteiger partial charge in [0.15, 0.2) is 0 Å². The minimum absolute atomic E-state index is 0.343. The molecule has 0 bridgehead atoms. The lowest BCUT2D eigenvalue weighted by Gasteiger charge is -2.41. The zero-order valence-corrected chi connectivity index (χ0v) is 8.97. The first-order valence-electron chi connectivity index (χ1n) is 5.21. The quantitative estimate of drug-likeness (QED) is 0.752. The van der Waals surface area contributed by atoms with Gasteiger partial charge in [-0.3, -0.25) is 0 Å². The van der Waals surface area contributed by atoms with E-state index in [2.05, 4.69) is 0 Å². The topological polar surface area (TPSA) is 9.23 Å². The van der Waals surface area contributed by atoms with Crippen LogP contribution in [-0.4, -0.2) is 7.11 Å². The van der Waals surface area contributed by atoms with Crippen molar-refractivity contribution < 1.29 is 17.9 Å². The molecule has 1 aromatic carbocycles. The average molecular weight is 230 g/mol. The Morgan fingerprint density at radius 1 is 1.12 bits per heavy atom. The molecule has 0 atom stereocenters. The van der Waals surface area contributed by atoms with Crippen molar-refractivity contribution in [2.24, 2.45) is 0 Å². The van der Waals surface area contributed by atoms with Gasteiger partial charge < -0.3 is 4.74 Å². The second-order valence-corrected chi connectivity index (χ2v) is 4.13. The molecule has 1 aliphatic carbocycles. The van der Waals surface area contributed by atoms with Gasteiger partial charge in [0.05, 0.1) is 11.2 Å². The van der Waals surface area contributed by atoms with Crippen molar-refractivity contribution in [3.05, 3.63) is 35.4 Å². The fourth-order valence-corrected chi connectivity index (χ4v) is 2.07. The van der Waals surface area contributed by atoms with E-state index >= 15 is 0 Å². The Morgan fingerprint density at radius 2 is 1.69 bits per heavy atom. The van der Waals surface area contributed by atoms with E-state index in [9.17, 15) is 13.2 Å². The van der Waals surface area contributed by atoms with E-state index in [1.807, 2.05) is 0 Å². The highest BCUT2D eigenvalue weighted by atomic mass is 19.4. The third kappa shape index (κ3) is 1.82. The lowest BCUT2D eigenvalue weighted by atomic mass is 9.75. The fourth-order valence-electron chi connectivity index (χ4n) is 2.07. The number of ether oxygens (including phenoxy) is 1. The largest absolute Gasteiger partial charge is 0.416 e. The molecule has 1 aliphatic rings. The lowest BCUT2D eigenvalue weighted by Crippen LogP contribution is -2.36. The van der Waals surface area contributed by atoms with Crippen molar-refractivity contribution in [1.82, 2.24) is 0 Å². The van der Waals surface area contributed by atoms with E-state index in [0.717, 1.165) is 37.0 Å². The van der Waals surface area contributed by atoms with Gasteiger partial charge in [-0.15, -0.1) is 0 Å². The summed E-state index contributed by atoms with van der Waals surface area (Å²) >= 11 is 0. The fraction of sp³-hybridized carbons (Fsp3) is 0.500. The van der Waals surface area contributed by atoms with Crippen LogP contribution < -0.4 is 0 Å². The summed E-state index contributed by atoms with van der Waals surface area (Å²) in [5, 5.41) is 0. The van der Waals surface area contributed by atoms with Crippen LogP contribution in [-0.2, 0) is 16.5 Å². The predicted molar refractivity (Wildman–Crippen MR) is 54.0 cm³/mol. The molecule has 0 radical (unpaired) electrons. The number of alkyl halides is 3. The van der Waals surface area contributed by atoms with Crippen molar-refractivity contribution in [3.8, 4) is 0 Å². The van der Waals surface area contributed by atoms with Crippen LogP contribution in [0.5, 0.6) is 0 Å². The zero-order chi connectivity index (χ0) is 11.8. The molecule has 0 N–H and O–H groups in total. The number of rotatable bonds is 2. The predicted octanol–water partition coefficient (Wildman–Crippen LogP) is 3.73. The summed E-state index contributed by atoms with van der Waals surface area (Å²) in [5.74, 6) is 0. The molecule has 1 fully saturated rings. The first kappa shape index (κ1) is 11.5. The molecular weight excluding hydrogens is 217 g/mol. The van der Waals surface area contributed by atoms with Crippen LogP contribution in [0.4, 0.5) is 13.2 Å². The number of hydrogen-bond donors (Lipinski definition) is 0. The van der Waals surface area contributed by atoms with E-state index < -0.39 is 11.7 Å². The van der Waals surface area contributed by atoms with E-state index in [1.54, 1.807) is 7.11 Å². The first-order valence-corrected chi connectivity index (χ1v) is 5.21. The zero-order valence-electron chi connectivity index (χ0n) is 8.97. The Morgan fingerprint density at radius 3 is 2.00 bits per heavy atom. The molecule has 0 spiro atoms. The van der Waals surface area contributed by atoms with Crippen molar-refractivity contribution in [2.45, 2.75) is 31.0 Å². The van der Waals surface area contributed by atoms with Crippen LogP contribution in [0.15, 0.2) is 24.3 Å². The number of benzene rings is 1. The molecule has 16 heavy (non-hydrogen) atoms. The van der Waals surface area contributed by atoms with Gasteiger partial charge in [-0.05, 0) is 37.0 Å². The molecule has 2 rings (SSSR count). The third-order valence-corrected chi connectivity index (χ3v) is 3.29. The molecule has 0 saturated heterocycles. The highest BCUT2D eigenvalue weighted by Gasteiger charge is 2.39. The van der Waals surface area contributed by atoms with Gasteiger partial charge >= 0.3 is 6.18 Å². The Kier molecular flexibility index (Phi) is 2.70. The Labute approximate surface area is 92.2 Å². The van der Waals surface area contributed by atoms with Gasteiger partial charge in [-0.2, -0.15) is 13.2 Å². The Balaban J connectivity index is 2.26. The van der Waals surface area contributed by atoms with Crippen LogP contribution in [0.25, 0.3) is 0 Å². The van der Waals surface area contributed by atoms with E-state index in [-0.39, 0.29) is 5.60 Å². The molecule has 0 heterocycles. The first-order chi connectivity index (χ1) is 7.48. The summed E-state index contributed by atoms with van der Waals surface area (Å²) < 4.78 is 42.5. The highest BCUT2D eigenvalue weighted by Crippen LogP contribution is 2.44. The highest BCUT2D eigenvalue weighted by molar-refractivity contribution is 5.30. The van der Waals surface area contributed by atoms with Gasteiger partial charge in [-0.25, -0.2) is 0 Å². The average Bonchev–Trinajstić information content (AvgIpc) is 2.16. The van der Waals surface area contributed by atoms with Crippen LogP contribution >= 0.6 is 0 Å². The van der Waals surface area contributed by atoms with E-state index in [1.165, 1.54) is 12.1 Å². The summed E-state index contributed by atoms with van der Waals surface area (Å²) in [5.41, 5.74) is -0.111. The minimum Gasteiger partial charge on any atom is -0.374 e. The second kappa shape index (κ2) is 3.77. The van der Waals surface area contributed by atoms with Crippen LogP contribution in [0.2, 0.25) is 0 Å². The Bertz CT molecular complexity index is 357.